The van der Waals surface area contributed by atoms with Gasteiger partial charge in [-0.05, 0) is 25.7 Å². The summed E-state index contributed by atoms with van der Waals surface area (Å²) in [6, 6.07) is 0.216. The topological polar surface area (TPSA) is 70.1 Å². The van der Waals surface area contributed by atoms with Gasteiger partial charge in [0.15, 0.2) is 0 Å². The molecule has 1 unspecified atom stereocenters. The van der Waals surface area contributed by atoms with Crippen LogP contribution in [-0.4, -0.2) is 34.8 Å². The molecule has 1 heterocycles. The van der Waals surface area contributed by atoms with E-state index in [0.717, 1.165) is 42.3 Å². The predicted octanol–water partition coefficient (Wildman–Crippen LogP) is 2.60. The SMILES string of the molecule is CCCc1nc(NC)c(C)c(NC(CCO)C(C)C)n1. The minimum Gasteiger partial charge on any atom is -0.396 e. The molecule has 5 nitrogen and oxygen atoms in total. The number of aliphatic hydroxyl groups is 1. The molecule has 1 aromatic rings. The third-order valence-corrected chi connectivity index (χ3v) is 3.47. The van der Waals surface area contributed by atoms with E-state index in [4.69, 9.17) is 0 Å². The minimum atomic E-state index is 0.181. The first-order valence-corrected chi connectivity index (χ1v) is 7.46. The van der Waals surface area contributed by atoms with Crippen LogP contribution in [0.4, 0.5) is 11.6 Å². The van der Waals surface area contributed by atoms with E-state index in [0.29, 0.717) is 5.92 Å². The van der Waals surface area contributed by atoms with Crippen molar-refractivity contribution in [3.63, 3.8) is 0 Å². The van der Waals surface area contributed by atoms with Crippen LogP contribution in [0.1, 0.15) is 45.0 Å². The fraction of sp³-hybridized carbons (Fsp3) is 0.733. The number of anilines is 2. The maximum atomic E-state index is 9.19. The Morgan fingerprint density at radius 1 is 1.20 bits per heavy atom. The molecule has 0 fully saturated rings. The Labute approximate surface area is 122 Å². The lowest BCUT2D eigenvalue weighted by atomic mass is 10.0. The molecule has 0 aliphatic rings. The van der Waals surface area contributed by atoms with Crippen molar-refractivity contribution in [2.75, 3.05) is 24.3 Å². The fourth-order valence-corrected chi connectivity index (χ4v) is 2.17. The van der Waals surface area contributed by atoms with E-state index in [1.54, 1.807) is 0 Å². The van der Waals surface area contributed by atoms with Crippen LogP contribution in [0.3, 0.4) is 0 Å². The summed E-state index contributed by atoms with van der Waals surface area (Å²) >= 11 is 0. The highest BCUT2D eigenvalue weighted by atomic mass is 16.3. The van der Waals surface area contributed by atoms with E-state index in [2.05, 4.69) is 41.4 Å². The summed E-state index contributed by atoms with van der Waals surface area (Å²) < 4.78 is 0. The molecule has 0 aliphatic heterocycles. The van der Waals surface area contributed by atoms with Gasteiger partial charge < -0.3 is 15.7 Å². The zero-order valence-electron chi connectivity index (χ0n) is 13.3. The molecule has 0 amide bonds. The van der Waals surface area contributed by atoms with Gasteiger partial charge in [-0.2, -0.15) is 0 Å². The summed E-state index contributed by atoms with van der Waals surface area (Å²) in [6.07, 6.45) is 2.62. The van der Waals surface area contributed by atoms with Crippen LogP contribution < -0.4 is 10.6 Å². The number of hydrogen-bond acceptors (Lipinski definition) is 5. The predicted molar refractivity (Wildman–Crippen MR) is 84.3 cm³/mol. The minimum absolute atomic E-state index is 0.181. The summed E-state index contributed by atoms with van der Waals surface area (Å²) in [7, 11) is 1.88. The van der Waals surface area contributed by atoms with E-state index in [9.17, 15) is 5.11 Å². The highest BCUT2D eigenvalue weighted by Crippen LogP contribution is 2.23. The zero-order chi connectivity index (χ0) is 15.1. The lowest BCUT2D eigenvalue weighted by Gasteiger charge is -2.24. The molecular weight excluding hydrogens is 252 g/mol. The number of nitrogens with zero attached hydrogens (tertiary/aromatic N) is 2. The number of rotatable bonds is 8. The molecule has 114 valence electrons. The Balaban J connectivity index is 3.04. The molecule has 0 aromatic carbocycles. The van der Waals surface area contributed by atoms with E-state index >= 15 is 0 Å². The van der Waals surface area contributed by atoms with Crippen LogP contribution in [0.15, 0.2) is 0 Å². The van der Waals surface area contributed by atoms with Crippen molar-refractivity contribution < 1.29 is 5.11 Å². The van der Waals surface area contributed by atoms with Crippen LogP contribution in [0.5, 0.6) is 0 Å². The molecule has 5 heteroatoms. The van der Waals surface area contributed by atoms with Gasteiger partial charge in [0.1, 0.15) is 17.5 Å². The Bertz CT molecular complexity index is 421. The normalized spacial score (nSPS) is 12.6. The van der Waals surface area contributed by atoms with Crippen LogP contribution in [0.25, 0.3) is 0 Å². The molecule has 1 atom stereocenters. The van der Waals surface area contributed by atoms with Gasteiger partial charge in [0.05, 0.1) is 0 Å². The molecule has 0 aliphatic carbocycles. The van der Waals surface area contributed by atoms with E-state index in [-0.39, 0.29) is 12.6 Å². The lowest BCUT2D eigenvalue weighted by Crippen LogP contribution is -2.28. The van der Waals surface area contributed by atoms with Gasteiger partial charge in [0.25, 0.3) is 0 Å². The standard InChI is InChI=1S/C15H28N4O/c1-6-7-13-18-14(16-5)11(4)15(19-13)17-12(8-9-20)10(2)3/h10,12,20H,6-9H2,1-5H3,(H2,16,17,18,19). The molecule has 0 radical (unpaired) electrons. The molecule has 0 saturated heterocycles. The number of aliphatic hydroxyl groups excluding tert-OH is 1. The van der Waals surface area contributed by atoms with Crippen LogP contribution in [0, 0.1) is 12.8 Å². The average molecular weight is 280 g/mol. The number of aromatic nitrogens is 2. The fourth-order valence-electron chi connectivity index (χ4n) is 2.17. The average Bonchev–Trinajstić information content (AvgIpc) is 2.41. The Morgan fingerprint density at radius 3 is 2.35 bits per heavy atom. The summed E-state index contributed by atoms with van der Waals surface area (Å²) in [6.45, 7) is 8.62. The zero-order valence-corrected chi connectivity index (χ0v) is 13.3. The maximum Gasteiger partial charge on any atom is 0.135 e. The first kappa shape index (κ1) is 16.7. The van der Waals surface area contributed by atoms with Gasteiger partial charge in [-0.1, -0.05) is 20.8 Å². The third kappa shape index (κ3) is 4.34. The van der Waals surface area contributed by atoms with E-state index in [1.165, 1.54) is 0 Å². The summed E-state index contributed by atoms with van der Waals surface area (Å²) in [5.41, 5.74) is 1.02. The van der Waals surface area contributed by atoms with Crippen molar-refractivity contribution >= 4 is 11.6 Å². The molecule has 20 heavy (non-hydrogen) atoms. The highest BCUT2D eigenvalue weighted by Gasteiger charge is 2.16. The molecule has 0 spiro atoms. The van der Waals surface area contributed by atoms with Crippen LogP contribution in [0.2, 0.25) is 0 Å². The number of aryl methyl sites for hydroxylation is 1. The highest BCUT2D eigenvalue weighted by molar-refractivity contribution is 5.57. The van der Waals surface area contributed by atoms with Gasteiger partial charge in [0.2, 0.25) is 0 Å². The second kappa shape index (κ2) is 8.04. The first-order chi connectivity index (χ1) is 9.53. The Morgan fingerprint density at radius 2 is 1.85 bits per heavy atom. The largest absolute Gasteiger partial charge is 0.396 e. The second-order valence-corrected chi connectivity index (χ2v) is 5.47. The molecular formula is C15H28N4O. The van der Waals surface area contributed by atoms with Gasteiger partial charge in [-0.15, -0.1) is 0 Å². The Hall–Kier alpha value is -1.36. The molecule has 0 bridgehead atoms. The summed E-state index contributed by atoms with van der Waals surface area (Å²) in [4.78, 5) is 9.16. The second-order valence-electron chi connectivity index (χ2n) is 5.47. The summed E-state index contributed by atoms with van der Waals surface area (Å²) in [5.74, 6) is 3.04. The van der Waals surface area contributed by atoms with Gasteiger partial charge in [0, 0.05) is 31.7 Å². The van der Waals surface area contributed by atoms with E-state index < -0.39 is 0 Å². The van der Waals surface area contributed by atoms with Crippen molar-refractivity contribution in [2.24, 2.45) is 5.92 Å². The molecule has 1 aromatic heterocycles. The third-order valence-electron chi connectivity index (χ3n) is 3.47. The van der Waals surface area contributed by atoms with Crippen molar-refractivity contribution in [3.05, 3.63) is 11.4 Å². The van der Waals surface area contributed by atoms with Crippen molar-refractivity contribution in [2.45, 2.75) is 53.0 Å². The van der Waals surface area contributed by atoms with Crippen molar-refractivity contribution in [1.29, 1.82) is 0 Å². The number of hydrogen-bond donors (Lipinski definition) is 3. The lowest BCUT2D eigenvalue weighted by molar-refractivity contribution is 0.267. The van der Waals surface area contributed by atoms with Gasteiger partial charge >= 0.3 is 0 Å². The van der Waals surface area contributed by atoms with Gasteiger partial charge in [-0.3, -0.25) is 0 Å². The van der Waals surface area contributed by atoms with Gasteiger partial charge in [-0.25, -0.2) is 9.97 Å². The van der Waals surface area contributed by atoms with Crippen molar-refractivity contribution in [3.8, 4) is 0 Å². The smallest absolute Gasteiger partial charge is 0.135 e. The maximum absolute atomic E-state index is 9.19. The van der Waals surface area contributed by atoms with Crippen LogP contribution >= 0.6 is 0 Å². The molecule has 1 rings (SSSR count). The molecule has 3 N–H and O–H groups in total. The van der Waals surface area contributed by atoms with Crippen molar-refractivity contribution in [1.82, 2.24) is 9.97 Å². The summed E-state index contributed by atoms with van der Waals surface area (Å²) in [5, 5.41) is 15.8. The molecule has 0 saturated carbocycles. The monoisotopic (exact) mass is 280 g/mol. The first-order valence-electron chi connectivity index (χ1n) is 7.46. The number of nitrogens with one attached hydrogen (secondary N) is 2. The van der Waals surface area contributed by atoms with Crippen LogP contribution in [-0.2, 0) is 6.42 Å². The van der Waals surface area contributed by atoms with E-state index in [1.807, 2.05) is 14.0 Å². The Kier molecular flexibility index (Phi) is 6.71. The quantitative estimate of drug-likeness (QED) is 0.683.